The fourth-order valence-corrected chi connectivity index (χ4v) is 3.97. The molecule has 0 amide bonds. The molecule has 1 aliphatic carbocycles. The van der Waals surface area contributed by atoms with Crippen molar-refractivity contribution in [2.45, 2.75) is 13.0 Å². The van der Waals surface area contributed by atoms with Gasteiger partial charge in [-0.25, -0.2) is 4.98 Å². The van der Waals surface area contributed by atoms with Crippen LogP contribution in [-0.4, -0.2) is 62.6 Å². The van der Waals surface area contributed by atoms with Crippen LogP contribution < -0.4 is 5.32 Å². The van der Waals surface area contributed by atoms with Crippen LogP contribution in [0.4, 0.5) is 5.69 Å². The van der Waals surface area contributed by atoms with Crippen LogP contribution in [0.5, 0.6) is 0 Å². The number of nitrogens with one attached hydrogen (secondary N) is 2. The van der Waals surface area contributed by atoms with Crippen molar-refractivity contribution >= 4 is 22.4 Å². The summed E-state index contributed by atoms with van der Waals surface area (Å²) in [5.74, 6) is 0.926. The number of likely N-dealkylation sites (N-methyl/N-ethyl adjacent to an activating group) is 1. The normalized spacial score (nSPS) is 12.6. The Morgan fingerprint density at radius 2 is 2.07 bits per heavy atom. The Balaban J connectivity index is 1.59. The number of carbonyl (C=O) groups is 1. The molecular formula is C22H23N7O. The zero-order valence-electron chi connectivity index (χ0n) is 17.0. The van der Waals surface area contributed by atoms with Gasteiger partial charge in [0.15, 0.2) is 5.78 Å². The number of anilines is 1. The standard InChI is InChI=1S/C22H23N7O/c1-28(2)11-12-29-17-4-3-16(24-8-6-18-25-9-10-26-18)19-20(17)21(27-29)15-13-23-7-5-14(15)22(19)30/h3-5,7,9-10,13,24H,6,8,11-12H2,1-2H3,(H,25,26). The smallest absolute Gasteiger partial charge is 0.196 e. The zero-order chi connectivity index (χ0) is 20.7. The largest absolute Gasteiger partial charge is 0.384 e. The summed E-state index contributed by atoms with van der Waals surface area (Å²) < 4.78 is 2.00. The molecule has 30 heavy (non-hydrogen) atoms. The first-order chi connectivity index (χ1) is 14.6. The molecule has 8 nitrogen and oxygen atoms in total. The van der Waals surface area contributed by atoms with Crippen LogP contribution in [0.15, 0.2) is 43.0 Å². The monoisotopic (exact) mass is 401 g/mol. The third kappa shape index (κ3) is 3.05. The van der Waals surface area contributed by atoms with Gasteiger partial charge in [0.2, 0.25) is 0 Å². The van der Waals surface area contributed by atoms with Crippen LogP contribution in [0.25, 0.3) is 22.2 Å². The minimum Gasteiger partial charge on any atom is -0.384 e. The molecule has 0 bridgehead atoms. The van der Waals surface area contributed by atoms with Gasteiger partial charge in [-0.05, 0) is 32.3 Å². The molecule has 5 rings (SSSR count). The van der Waals surface area contributed by atoms with Crippen molar-refractivity contribution in [3.8, 4) is 11.3 Å². The summed E-state index contributed by atoms with van der Waals surface area (Å²) in [4.78, 5) is 27.2. The van der Waals surface area contributed by atoms with Gasteiger partial charge in [-0.3, -0.25) is 14.5 Å². The lowest BCUT2D eigenvalue weighted by molar-refractivity contribution is 0.104. The van der Waals surface area contributed by atoms with Gasteiger partial charge in [0.1, 0.15) is 11.5 Å². The molecule has 0 radical (unpaired) electrons. The average molecular weight is 401 g/mol. The van der Waals surface area contributed by atoms with E-state index in [1.54, 1.807) is 24.7 Å². The van der Waals surface area contributed by atoms with E-state index in [-0.39, 0.29) is 5.78 Å². The van der Waals surface area contributed by atoms with Gasteiger partial charge in [-0.1, -0.05) is 0 Å². The van der Waals surface area contributed by atoms with Crippen LogP contribution in [-0.2, 0) is 13.0 Å². The number of H-pyrrole nitrogens is 1. The lowest BCUT2D eigenvalue weighted by Gasteiger charge is -2.18. The Labute approximate surface area is 174 Å². The SMILES string of the molecule is CN(C)CCn1nc2c3c(c(NCCc4ncc[nH]4)ccc31)C(=O)c1ccncc1-2. The molecule has 0 spiro atoms. The molecule has 3 heterocycles. The van der Waals surface area contributed by atoms with Crippen LogP contribution in [0.1, 0.15) is 21.7 Å². The number of imidazole rings is 1. The molecule has 0 atom stereocenters. The number of hydrogen-bond acceptors (Lipinski definition) is 6. The molecule has 1 aromatic carbocycles. The van der Waals surface area contributed by atoms with Crippen molar-refractivity contribution < 1.29 is 4.79 Å². The van der Waals surface area contributed by atoms with E-state index >= 15 is 0 Å². The van der Waals surface area contributed by atoms with Crippen LogP contribution in [0.2, 0.25) is 0 Å². The second-order valence-electron chi connectivity index (χ2n) is 7.72. The maximum Gasteiger partial charge on any atom is 0.196 e. The fraction of sp³-hybridized carbons (Fsp3) is 0.273. The molecule has 0 fully saturated rings. The number of pyridine rings is 1. The van der Waals surface area contributed by atoms with Gasteiger partial charge in [-0.15, -0.1) is 0 Å². The second-order valence-corrected chi connectivity index (χ2v) is 7.72. The number of hydrogen-bond donors (Lipinski definition) is 2. The maximum absolute atomic E-state index is 13.5. The molecular weight excluding hydrogens is 378 g/mol. The Bertz CT molecular complexity index is 1220. The highest BCUT2D eigenvalue weighted by Gasteiger charge is 2.31. The first-order valence-corrected chi connectivity index (χ1v) is 10.0. The summed E-state index contributed by atoms with van der Waals surface area (Å²) >= 11 is 0. The minimum absolute atomic E-state index is 0.0122. The van der Waals surface area contributed by atoms with Gasteiger partial charge in [0, 0.05) is 66.5 Å². The predicted octanol–water partition coefficient (Wildman–Crippen LogP) is 2.58. The molecule has 3 aromatic heterocycles. The molecule has 0 unspecified atom stereocenters. The first-order valence-electron chi connectivity index (χ1n) is 10.0. The summed E-state index contributed by atoms with van der Waals surface area (Å²) in [6.07, 6.45) is 7.70. The predicted molar refractivity (Wildman–Crippen MR) is 116 cm³/mol. The Hall–Kier alpha value is -3.52. The summed E-state index contributed by atoms with van der Waals surface area (Å²) in [7, 11) is 4.08. The average Bonchev–Trinajstić information content (AvgIpc) is 3.39. The highest BCUT2D eigenvalue weighted by Crippen LogP contribution is 2.41. The Morgan fingerprint density at radius 3 is 2.87 bits per heavy atom. The number of rotatable bonds is 7. The number of benzene rings is 1. The number of ketones is 1. The highest BCUT2D eigenvalue weighted by atomic mass is 16.1. The lowest BCUT2D eigenvalue weighted by Crippen LogP contribution is -2.19. The van der Waals surface area contributed by atoms with Crippen LogP contribution in [0.3, 0.4) is 0 Å². The summed E-state index contributed by atoms with van der Waals surface area (Å²) in [5, 5.41) is 9.22. The third-order valence-corrected chi connectivity index (χ3v) is 5.46. The number of aromatic nitrogens is 5. The van der Waals surface area contributed by atoms with E-state index < -0.39 is 0 Å². The summed E-state index contributed by atoms with van der Waals surface area (Å²) in [6.45, 7) is 2.28. The zero-order valence-corrected chi connectivity index (χ0v) is 17.0. The van der Waals surface area contributed by atoms with Crippen molar-refractivity contribution in [3.05, 3.63) is 59.9 Å². The van der Waals surface area contributed by atoms with Crippen molar-refractivity contribution in [2.75, 3.05) is 32.5 Å². The van der Waals surface area contributed by atoms with Gasteiger partial charge in [-0.2, -0.15) is 5.10 Å². The van der Waals surface area contributed by atoms with Gasteiger partial charge >= 0.3 is 0 Å². The summed E-state index contributed by atoms with van der Waals surface area (Å²) in [5.41, 5.74) is 4.78. The highest BCUT2D eigenvalue weighted by molar-refractivity contribution is 6.27. The number of nitrogens with zero attached hydrogens (tertiary/aromatic N) is 5. The molecule has 0 saturated heterocycles. The first kappa shape index (κ1) is 18.5. The quantitative estimate of drug-likeness (QED) is 0.436. The van der Waals surface area contributed by atoms with E-state index in [1.807, 2.05) is 31.0 Å². The molecule has 2 N–H and O–H groups in total. The van der Waals surface area contributed by atoms with E-state index in [0.717, 1.165) is 53.2 Å². The van der Waals surface area contributed by atoms with E-state index in [4.69, 9.17) is 5.10 Å². The van der Waals surface area contributed by atoms with E-state index in [1.165, 1.54) is 0 Å². The summed E-state index contributed by atoms with van der Waals surface area (Å²) in [6, 6.07) is 5.82. The minimum atomic E-state index is 0.0122. The van der Waals surface area contributed by atoms with E-state index in [2.05, 4.69) is 31.2 Å². The molecule has 0 saturated carbocycles. The van der Waals surface area contributed by atoms with Crippen molar-refractivity contribution in [2.24, 2.45) is 0 Å². The second kappa shape index (κ2) is 7.38. The fourth-order valence-electron chi connectivity index (χ4n) is 3.97. The van der Waals surface area contributed by atoms with Crippen LogP contribution in [0, 0.1) is 0 Å². The van der Waals surface area contributed by atoms with Crippen molar-refractivity contribution in [1.82, 2.24) is 29.6 Å². The Kier molecular flexibility index (Phi) is 4.55. The van der Waals surface area contributed by atoms with Gasteiger partial charge in [0.05, 0.1) is 17.6 Å². The van der Waals surface area contributed by atoms with E-state index in [0.29, 0.717) is 17.7 Å². The molecule has 4 aromatic rings. The van der Waals surface area contributed by atoms with Gasteiger partial charge < -0.3 is 15.2 Å². The topological polar surface area (TPSA) is 91.7 Å². The number of carbonyl (C=O) groups excluding carboxylic acids is 1. The molecule has 0 aliphatic heterocycles. The number of aromatic amines is 1. The van der Waals surface area contributed by atoms with Crippen LogP contribution >= 0.6 is 0 Å². The molecule has 1 aliphatic rings. The van der Waals surface area contributed by atoms with E-state index in [9.17, 15) is 4.79 Å². The molecule has 152 valence electrons. The van der Waals surface area contributed by atoms with Crippen molar-refractivity contribution in [1.29, 1.82) is 0 Å². The maximum atomic E-state index is 13.5. The Morgan fingerprint density at radius 1 is 1.17 bits per heavy atom. The third-order valence-electron chi connectivity index (χ3n) is 5.46. The number of fused-ring (bicyclic) bond motifs is 2. The lowest BCUT2D eigenvalue weighted by atomic mass is 9.87. The molecule has 8 heteroatoms. The van der Waals surface area contributed by atoms with Gasteiger partial charge in [0.25, 0.3) is 0 Å². The van der Waals surface area contributed by atoms with Crippen molar-refractivity contribution in [3.63, 3.8) is 0 Å².